The van der Waals surface area contributed by atoms with Crippen molar-refractivity contribution in [2.75, 3.05) is 25.5 Å². The fourth-order valence-electron chi connectivity index (χ4n) is 8.00. The summed E-state index contributed by atoms with van der Waals surface area (Å²) in [7, 11) is 1.44. The fourth-order valence-corrected chi connectivity index (χ4v) is 8.00. The second-order valence-corrected chi connectivity index (χ2v) is 15.9. The molecule has 0 aromatic heterocycles. The van der Waals surface area contributed by atoms with Crippen LogP contribution < -0.4 is 10.1 Å². The smallest absolute Gasteiger partial charge is 0.312 e. The van der Waals surface area contributed by atoms with Crippen molar-refractivity contribution < 1.29 is 58.9 Å². The summed E-state index contributed by atoms with van der Waals surface area (Å²) < 4.78 is 23.6. The van der Waals surface area contributed by atoms with Crippen LogP contribution in [-0.2, 0) is 23.8 Å². The number of nitrogens with one attached hydrogen (secondary N) is 1. The third-order valence-corrected chi connectivity index (χ3v) is 11.7. The van der Waals surface area contributed by atoms with Crippen molar-refractivity contribution in [3.63, 3.8) is 0 Å². The van der Waals surface area contributed by atoms with Gasteiger partial charge in [0, 0.05) is 74.2 Å². The van der Waals surface area contributed by atoms with Crippen LogP contribution in [0.15, 0.2) is 41.2 Å². The zero-order valence-corrected chi connectivity index (χ0v) is 34.6. The van der Waals surface area contributed by atoms with Crippen molar-refractivity contribution in [3.05, 3.63) is 52.8 Å². The molecule has 1 saturated heterocycles. The van der Waals surface area contributed by atoms with Crippen LogP contribution in [0.3, 0.4) is 0 Å². The Morgan fingerprint density at radius 2 is 1.62 bits per heavy atom. The summed E-state index contributed by atoms with van der Waals surface area (Å²) in [5, 5.41) is 66.8. The molecule has 2 aromatic rings. The lowest BCUT2D eigenvalue weighted by Crippen LogP contribution is -2.46. The zero-order chi connectivity index (χ0) is 42.8. The minimum atomic E-state index is -2.03. The molecule has 4 aliphatic heterocycles. The summed E-state index contributed by atoms with van der Waals surface area (Å²) in [5.41, 5.74) is -0.303. The third kappa shape index (κ3) is 8.52. The number of piperidine rings is 1. The Hall–Kier alpha value is -5.12. The Morgan fingerprint density at radius 3 is 2.26 bits per heavy atom. The van der Waals surface area contributed by atoms with E-state index in [4.69, 9.17) is 18.9 Å². The van der Waals surface area contributed by atoms with E-state index in [1.54, 1.807) is 44.9 Å². The molecule has 9 atom stereocenters. The van der Waals surface area contributed by atoms with Gasteiger partial charge in [0.15, 0.2) is 5.75 Å². The van der Waals surface area contributed by atoms with Crippen LogP contribution in [0, 0.1) is 30.6 Å². The molecule has 5 bridgehead atoms. The van der Waals surface area contributed by atoms with Crippen LogP contribution in [0.2, 0.25) is 0 Å². The predicted molar refractivity (Wildman–Crippen MR) is 217 cm³/mol. The van der Waals surface area contributed by atoms with Crippen LogP contribution in [-0.4, -0.2) is 105 Å². The number of carbonyl (C=O) groups excluding carboxylic acids is 3. The van der Waals surface area contributed by atoms with Gasteiger partial charge in [0.2, 0.25) is 0 Å². The number of ether oxygens (including phenoxy) is 4. The van der Waals surface area contributed by atoms with E-state index in [1.807, 2.05) is 0 Å². The zero-order valence-electron chi connectivity index (χ0n) is 34.6. The number of allylic oxidation sites excluding steroid dienone is 2. The number of ketones is 1. The molecule has 0 radical (unpaired) electrons. The van der Waals surface area contributed by atoms with E-state index in [2.05, 4.69) is 10.4 Å². The number of benzene rings is 2. The Kier molecular flexibility index (Phi) is 13.5. The Bertz CT molecular complexity index is 2040. The van der Waals surface area contributed by atoms with Crippen molar-refractivity contribution in [1.82, 2.24) is 5.01 Å². The number of nitrogens with zero attached hydrogens (tertiary/aromatic N) is 2. The quantitative estimate of drug-likeness (QED) is 0.0965. The number of phenolic OH excluding ortho intramolecular Hbond substituents is 3. The van der Waals surface area contributed by atoms with E-state index in [-0.39, 0.29) is 44.5 Å². The number of carbonyl (C=O) groups is 3. The first-order valence-electron chi connectivity index (χ1n) is 19.7. The number of Topliss-reactive ketones (excluding diaryl/α,β-unsaturated/α-hetero) is 1. The molecule has 1 amide bonds. The molecule has 0 spiro atoms. The maximum Gasteiger partial charge on any atom is 0.312 e. The first-order valence-corrected chi connectivity index (χ1v) is 19.7. The van der Waals surface area contributed by atoms with Gasteiger partial charge in [-0.3, -0.25) is 19.4 Å². The number of aromatic hydroxyl groups is 3. The SMILES string of the molecule is CO[C@H]1C=CO[C@@]2(C)Oc3c(C)c(O)c4c(O)c(c(C=NN5CCCCC5)c(O)c4c3C2=O)NC(=O)C(C)=C/C=C/[C@H](C)[C@H](O)[C@@H](C)[C@@H](O)[C@@H](C)[C@H](OC(C)=O)[C@@H]1C. The molecule has 2 aromatic carbocycles. The van der Waals surface area contributed by atoms with Crippen LogP contribution in [0.5, 0.6) is 23.0 Å². The van der Waals surface area contributed by atoms with Crippen LogP contribution in [0.1, 0.15) is 89.2 Å². The van der Waals surface area contributed by atoms with Gasteiger partial charge in [0.1, 0.15) is 23.4 Å². The van der Waals surface area contributed by atoms with E-state index in [0.29, 0.717) is 13.1 Å². The van der Waals surface area contributed by atoms with E-state index in [1.165, 1.54) is 59.4 Å². The van der Waals surface area contributed by atoms with E-state index >= 15 is 0 Å². The highest BCUT2D eigenvalue weighted by Crippen LogP contribution is 2.55. The molecule has 0 saturated carbocycles. The molecule has 1 fully saturated rings. The molecule has 316 valence electrons. The Labute approximate surface area is 338 Å². The number of fused-ring (bicyclic) bond motifs is 14. The molecular weight excluding hydrogens is 750 g/mol. The molecule has 6 N–H and O–H groups in total. The third-order valence-electron chi connectivity index (χ3n) is 11.7. The average Bonchev–Trinajstić information content (AvgIpc) is 3.46. The van der Waals surface area contributed by atoms with Gasteiger partial charge in [-0.25, -0.2) is 0 Å². The highest BCUT2D eigenvalue weighted by Gasteiger charge is 2.50. The lowest BCUT2D eigenvalue weighted by molar-refractivity contribution is -0.160. The van der Waals surface area contributed by atoms with E-state index < -0.39 is 88.8 Å². The summed E-state index contributed by atoms with van der Waals surface area (Å²) in [5.74, 6) is -8.27. The molecule has 4 heterocycles. The van der Waals surface area contributed by atoms with Gasteiger partial charge in [-0.05, 0) is 39.2 Å². The molecule has 15 heteroatoms. The highest BCUT2D eigenvalue weighted by molar-refractivity contribution is 6.23. The molecule has 4 aliphatic rings. The number of esters is 1. The van der Waals surface area contributed by atoms with Crippen LogP contribution in [0.25, 0.3) is 10.8 Å². The molecule has 0 aliphatic carbocycles. The summed E-state index contributed by atoms with van der Waals surface area (Å²) in [4.78, 5) is 40.4. The second kappa shape index (κ2) is 17.8. The number of hydrazone groups is 1. The number of hydrogen-bond donors (Lipinski definition) is 6. The average molecular weight is 808 g/mol. The summed E-state index contributed by atoms with van der Waals surface area (Å²) >= 11 is 0. The number of anilines is 1. The molecular formula is C43H57N3O12. The van der Waals surface area contributed by atoms with Crippen molar-refractivity contribution >= 4 is 40.3 Å². The molecule has 15 nitrogen and oxygen atoms in total. The normalized spacial score (nSPS) is 30.6. The summed E-state index contributed by atoms with van der Waals surface area (Å²) in [6, 6.07) is 0. The van der Waals surface area contributed by atoms with Crippen molar-refractivity contribution in [2.24, 2.45) is 28.8 Å². The number of aliphatic hydroxyl groups excluding tert-OH is 2. The van der Waals surface area contributed by atoms with Gasteiger partial charge >= 0.3 is 11.8 Å². The standard InChI is InChI=1S/C43H57N3O12/c1-21-14-13-15-22(2)42(54)45-33-28(20-44-46-17-11-10-12-18-46)37(51)30-31(38(33)52)36(50)26(6)40-32(30)41(53)43(8,58-40)56-19-16-29(55-9)23(3)39(57-27(7)47)25(5)35(49)24(4)34(21)48/h13-16,19-21,23-25,29,34-35,39,48-52H,10-12,17-18H2,1-9H3,(H,45,54)/b14-13+,19-16?,22-15?,44-20?/t21-,23+,24+,25+,29-,34-,35+,39+,43-/m0/s1. The van der Waals surface area contributed by atoms with Crippen molar-refractivity contribution in [3.8, 4) is 23.0 Å². The first-order chi connectivity index (χ1) is 27.3. The van der Waals surface area contributed by atoms with Crippen LogP contribution >= 0.6 is 0 Å². The second-order valence-electron chi connectivity index (χ2n) is 15.9. The van der Waals surface area contributed by atoms with Crippen molar-refractivity contribution in [2.45, 2.75) is 105 Å². The molecule has 58 heavy (non-hydrogen) atoms. The first kappa shape index (κ1) is 44.0. The van der Waals surface area contributed by atoms with Gasteiger partial charge in [0.05, 0.1) is 53.0 Å². The number of aliphatic hydroxyl groups is 2. The summed E-state index contributed by atoms with van der Waals surface area (Å²) in [6.07, 6.45) is 7.74. The topological polar surface area (TPSA) is 217 Å². The van der Waals surface area contributed by atoms with Gasteiger partial charge in [-0.15, -0.1) is 0 Å². The van der Waals surface area contributed by atoms with E-state index in [0.717, 1.165) is 19.3 Å². The maximum absolute atomic E-state index is 14.4. The predicted octanol–water partition coefficient (Wildman–Crippen LogP) is 5.57. The monoisotopic (exact) mass is 807 g/mol. The lowest BCUT2D eigenvalue weighted by atomic mass is 9.78. The van der Waals surface area contributed by atoms with E-state index in [9.17, 15) is 39.9 Å². The fraction of sp³-hybridized carbons (Fsp3) is 0.535. The highest BCUT2D eigenvalue weighted by atomic mass is 16.7. The number of rotatable bonds is 4. The number of phenols is 3. The molecule has 6 rings (SSSR count). The molecule has 0 unspecified atom stereocenters. The number of amides is 1. The van der Waals surface area contributed by atoms with Gasteiger partial charge in [0.25, 0.3) is 11.7 Å². The number of hydrogen-bond acceptors (Lipinski definition) is 14. The Balaban J connectivity index is 1.71. The lowest BCUT2D eigenvalue weighted by Gasteiger charge is -2.38. The minimum absolute atomic E-state index is 0.0614. The largest absolute Gasteiger partial charge is 0.507 e. The van der Waals surface area contributed by atoms with Gasteiger partial charge < -0.3 is 49.8 Å². The minimum Gasteiger partial charge on any atom is -0.507 e. The van der Waals surface area contributed by atoms with Crippen LogP contribution in [0.4, 0.5) is 5.69 Å². The van der Waals surface area contributed by atoms with Gasteiger partial charge in [-0.1, -0.05) is 45.9 Å². The number of methoxy groups -OCH3 is 1. The maximum atomic E-state index is 14.4. The Morgan fingerprint density at radius 1 is 0.948 bits per heavy atom. The van der Waals surface area contributed by atoms with Crippen molar-refractivity contribution in [1.29, 1.82) is 0 Å². The van der Waals surface area contributed by atoms with Gasteiger partial charge in [-0.2, -0.15) is 5.10 Å². The summed E-state index contributed by atoms with van der Waals surface area (Å²) in [6.45, 7) is 13.8.